The molecule has 5 nitrogen and oxygen atoms in total. The van der Waals surface area contributed by atoms with Crippen molar-refractivity contribution in [1.29, 1.82) is 0 Å². The monoisotopic (exact) mass is 349 g/mol. The zero-order chi connectivity index (χ0) is 17.4. The van der Waals surface area contributed by atoms with E-state index in [-0.39, 0.29) is 6.61 Å². The summed E-state index contributed by atoms with van der Waals surface area (Å²) in [5, 5.41) is 22.9. The van der Waals surface area contributed by atoms with Crippen molar-refractivity contribution in [3.63, 3.8) is 0 Å². The Labute approximate surface area is 145 Å². The summed E-state index contributed by atoms with van der Waals surface area (Å²) in [6.45, 7) is 0.967. The van der Waals surface area contributed by atoms with Crippen molar-refractivity contribution in [2.24, 2.45) is 0 Å². The minimum absolute atomic E-state index is 0.216. The standard InChI is InChI=1S/C18H20ClNO4/c19-15-8-4-7-14(11-15)16(21)12-20-9-10-24-17(18(22)23)13-5-2-1-3-6-13/h1-8,11,16-17,20-21H,9-10,12H2,(H,22,23). The number of aliphatic hydroxyl groups is 1. The predicted octanol–water partition coefficient (Wildman–Crippen LogP) is 2.81. The summed E-state index contributed by atoms with van der Waals surface area (Å²) in [7, 11) is 0. The van der Waals surface area contributed by atoms with E-state index in [9.17, 15) is 15.0 Å². The summed E-state index contributed by atoms with van der Waals surface area (Å²) in [5.74, 6) is -1.03. The van der Waals surface area contributed by atoms with Gasteiger partial charge >= 0.3 is 5.97 Å². The van der Waals surface area contributed by atoms with Crippen LogP contribution in [0, 0.1) is 0 Å². The predicted molar refractivity (Wildman–Crippen MR) is 92.1 cm³/mol. The van der Waals surface area contributed by atoms with Crippen molar-refractivity contribution in [2.45, 2.75) is 12.2 Å². The van der Waals surface area contributed by atoms with Gasteiger partial charge in [-0.3, -0.25) is 0 Å². The van der Waals surface area contributed by atoms with Gasteiger partial charge in [0.15, 0.2) is 6.10 Å². The van der Waals surface area contributed by atoms with Crippen molar-refractivity contribution in [2.75, 3.05) is 19.7 Å². The van der Waals surface area contributed by atoms with Crippen LogP contribution in [0.2, 0.25) is 5.02 Å². The highest BCUT2D eigenvalue weighted by atomic mass is 35.5. The van der Waals surface area contributed by atoms with Crippen LogP contribution < -0.4 is 5.32 Å². The van der Waals surface area contributed by atoms with E-state index in [1.54, 1.807) is 48.5 Å². The number of halogens is 1. The zero-order valence-corrected chi connectivity index (χ0v) is 13.8. The molecule has 0 aromatic heterocycles. The number of nitrogens with one attached hydrogen (secondary N) is 1. The van der Waals surface area contributed by atoms with Crippen molar-refractivity contribution in [3.05, 3.63) is 70.7 Å². The number of carbonyl (C=O) groups is 1. The van der Waals surface area contributed by atoms with Gasteiger partial charge in [0.1, 0.15) is 0 Å². The van der Waals surface area contributed by atoms with Crippen LogP contribution in [-0.2, 0) is 9.53 Å². The van der Waals surface area contributed by atoms with E-state index < -0.39 is 18.2 Å². The third kappa shape index (κ3) is 5.62. The number of benzene rings is 2. The molecule has 0 spiro atoms. The van der Waals surface area contributed by atoms with Gasteiger partial charge in [0.05, 0.1) is 12.7 Å². The number of hydrogen-bond donors (Lipinski definition) is 3. The normalized spacial score (nSPS) is 13.4. The minimum atomic E-state index is -1.03. The first-order valence-electron chi connectivity index (χ1n) is 7.61. The number of ether oxygens (including phenoxy) is 1. The highest BCUT2D eigenvalue weighted by Gasteiger charge is 2.19. The molecular weight excluding hydrogens is 330 g/mol. The Morgan fingerprint density at radius 2 is 1.83 bits per heavy atom. The van der Waals surface area contributed by atoms with Gasteiger partial charge in [-0.1, -0.05) is 54.1 Å². The van der Waals surface area contributed by atoms with E-state index in [4.69, 9.17) is 16.3 Å². The lowest BCUT2D eigenvalue weighted by atomic mass is 10.1. The Kier molecular flexibility index (Phi) is 7.21. The largest absolute Gasteiger partial charge is 0.479 e. The molecule has 6 heteroatoms. The van der Waals surface area contributed by atoms with Crippen LogP contribution >= 0.6 is 11.6 Å². The van der Waals surface area contributed by atoms with Gasteiger partial charge in [0.2, 0.25) is 0 Å². The molecule has 24 heavy (non-hydrogen) atoms. The van der Waals surface area contributed by atoms with Gasteiger partial charge in [-0.05, 0) is 23.3 Å². The number of aliphatic carboxylic acids is 1. The van der Waals surface area contributed by atoms with Gasteiger partial charge in [0, 0.05) is 18.1 Å². The Morgan fingerprint density at radius 1 is 1.12 bits per heavy atom. The Hall–Kier alpha value is -1.92. The lowest BCUT2D eigenvalue weighted by Crippen LogP contribution is -2.27. The molecule has 0 saturated heterocycles. The summed E-state index contributed by atoms with van der Waals surface area (Å²) in [6, 6.07) is 15.8. The summed E-state index contributed by atoms with van der Waals surface area (Å²) < 4.78 is 5.43. The first-order chi connectivity index (χ1) is 11.6. The maximum Gasteiger partial charge on any atom is 0.337 e. The third-order valence-electron chi connectivity index (χ3n) is 3.46. The van der Waals surface area contributed by atoms with Gasteiger partial charge < -0.3 is 20.3 Å². The van der Waals surface area contributed by atoms with Crippen LogP contribution in [0.1, 0.15) is 23.3 Å². The quantitative estimate of drug-likeness (QED) is 0.607. The van der Waals surface area contributed by atoms with Crippen LogP contribution in [0.5, 0.6) is 0 Å². The average Bonchev–Trinajstić information content (AvgIpc) is 2.58. The van der Waals surface area contributed by atoms with Crippen molar-refractivity contribution in [1.82, 2.24) is 5.32 Å². The van der Waals surface area contributed by atoms with Crippen LogP contribution in [-0.4, -0.2) is 35.9 Å². The fourth-order valence-electron chi connectivity index (χ4n) is 2.26. The lowest BCUT2D eigenvalue weighted by molar-refractivity contribution is -0.150. The molecule has 0 amide bonds. The topological polar surface area (TPSA) is 78.8 Å². The Bertz CT molecular complexity index is 650. The van der Waals surface area contributed by atoms with Crippen LogP contribution in [0.25, 0.3) is 0 Å². The molecule has 0 radical (unpaired) electrons. The molecule has 0 aliphatic carbocycles. The lowest BCUT2D eigenvalue weighted by Gasteiger charge is -2.15. The molecule has 0 fully saturated rings. The summed E-state index contributed by atoms with van der Waals surface area (Å²) in [4.78, 5) is 11.3. The molecule has 0 heterocycles. The number of carboxylic acid groups (broad SMARTS) is 1. The minimum Gasteiger partial charge on any atom is -0.479 e. The number of carboxylic acids is 1. The van der Waals surface area contributed by atoms with Crippen molar-refractivity contribution < 1.29 is 19.7 Å². The van der Waals surface area contributed by atoms with E-state index in [2.05, 4.69) is 5.32 Å². The van der Waals surface area contributed by atoms with Crippen LogP contribution in [0.4, 0.5) is 0 Å². The first kappa shape index (κ1) is 18.4. The molecule has 0 bridgehead atoms. The molecule has 2 aromatic rings. The third-order valence-corrected chi connectivity index (χ3v) is 3.70. The first-order valence-corrected chi connectivity index (χ1v) is 7.99. The highest BCUT2D eigenvalue weighted by molar-refractivity contribution is 6.30. The van der Waals surface area contributed by atoms with Gasteiger partial charge in [-0.15, -0.1) is 0 Å². The fourth-order valence-corrected chi connectivity index (χ4v) is 2.46. The fraction of sp³-hybridized carbons (Fsp3) is 0.278. The average molecular weight is 350 g/mol. The van der Waals surface area contributed by atoms with Crippen LogP contribution in [0.3, 0.4) is 0 Å². The molecule has 2 aromatic carbocycles. The van der Waals surface area contributed by atoms with E-state index in [0.717, 1.165) is 5.56 Å². The molecule has 0 aliphatic rings. The highest BCUT2D eigenvalue weighted by Crippen LogP contribution is 2.18. The maximum atomic E-state index is 11.3. The molecule has 2 unspecified atom stereocenters. The summed E-state index contributed by atoms with van der Waals surface area (Å²) in [5.41, 5.74) is 1.33. The molecule has 0 aliphatic heterocycles. The van der Waals surface area contributed by atoms with Crippen LogP contribution in [0.15, 0.2) is 54.6 Å². The maximum absolute atomic E-state index is 11.3. The molecule has 2 atom stereocenters. The second kappa shape index (κ2) is 9.39. The van der Waals surface area contributed by atoms with E-state index in [1.807, 2.05) is 6.07 Å². The number of aliphatic hydroxyl groups excluding tert-OH is 1. The van der Waals surface area contributed by atoms with Crippen molar-refractivity contribution in [3.8, 4) is 0 Å². The summed E-state index contributed by atoms with van der Waals surface area (Å²) in [6.07, 6.45) is -1.68. The second-order valence-electron chi connectivity index (χ2n) is 5.27. The van der Waals surface area contributed by atoms with E-state index >= 15 is 0 Å². The molecular formula is C18H20ClNO4. The van der Waals surface area contributed by atoms with Gasteiger partial charge in [0.25, 0.3) is 0 Å². The Morgan fingerprint density at radius 3 is 2.50 bits per heavy atom. The van der Waals surface area contributed by atoms with Gasteiger partial charge in [-0.25, -0.2) is 4.79 Å². The molecule has 2 rings (SSSR count). The number of rotatable bonds is 9. The van der Waals surface area contributed by atoms with Crippen molar-refractivity contribution >= 4 is 17.6 Å². The van der Waals surface area contributed by atoms with E-state index in [1.165, 1.54) is 0 Å². The van der Waals surface area contributed by atoms with E-state index in [0.29, 0.717) is 23.7 Å². The zero-order valence-electron chi connectivity index (χ0n) is 13.1. The molecule has 128 valence electrons. The summed E-state index contributed by atoms with van der Waals surface area (Å²) >= 11 is 5.89. The smallest absolute Gasteiger partial charge is 0.337 e. The number of hydrogen-bond acceptors (Lipinski definition) is 4. The molecule has 3 N–H and O–H groups in total. The second-order valence-corrected chi connectivity index (χ2v) is 5.71. The molecule has 0 saturated carbocycles. The van der Waals surface area contributed by atoms with Gasteiger partial charge in [-0.2, -0.15) is 0 Å². The Balaban J connectivity index is 1.74. The SMILES string of the molecule is O=C(O)C(OCCNCC(O)c1cccc(Cl)c1)c1ccccc1.